The van der Waals surface area contributed by atoms with Crippen LogP contribution in [0.25, 0.3) is 0 Å². The predicted octanol–water partition coefficient (Wildman–Crippen LogP) is 23.5. The lowest BCUT2D eigenvalue weighted by atomic mass is 10.0. The summed E-state index contributed by atoms with van der Waals surface area (Å²) in [6.45, 7) is 4.65. The van der Waals surface area contributed by atoms with Crippen molar-refractivity contribution in [2.24, 2.45) is 0 Å². The summed E-state index contributed by atoms with van der Waals surface area (Å²) in [5.41, 5.74) is 0. The number of likely N-dealkylation sites (N-methyl/N-ethyl adjacent to an activating group) is 1. The van der Waals surface area contributed by atoms with Gasteiger partial charge in [0.15, 0.2) is 0 Å². The van der Waals surface area contributed by atoms with Gasteiger partial charge in [-0.2, -0.15) is 0 Å². The number of nitrogens with one attached hydrogen (secondary N) is 1. The third-order valence-electron chi connectivity index (χ3n) is 16.9. The Balaban J connectivity index is 4.08. The molecule has 8 nitrogen and oxygen atoms in total. The number of aliphatic hydroxyl groups excluding tert-OH is 1. The fourth-order valence-electron chi connectivity index (χ4n) is 11.1. The minimum Gasteiger partial charge on any atom is -0.756 e. The van der Waals surface area contributed by atoms with E-state index in [1.165, 1.54) is 283 Å². The molecule has 0 aromatic carbocycles. The smallest absolute Gasteiger partial charge is 0.268 e. The highest BCUT2D eigenvalue weighted by atomic mass is 31.2. The van der Waals surface area contributed by atoms with Gasteiger partial charge in [-0.1, -0.05) is 344 Å². The second kappa shape index (κ2) is 67.3. The van der Waals surface area contributed by atoms with Crippen molar-refractivity contribution >= 4 is 13.7 Å². The Bertz CT molecular complexity index is 1630. The van der Waals surface area contributed by atoms with Crippen LogP contribution in [0.5, 0.6) is 0 Å². The Morgan fingerprint density at radius 1 is 0.407 bits per heavy atom. The summed E-state index contributed by atoms with van der Waals surface area (Å²) >= 11 is 0. The molecule has 0 aliphatic heterocycles. The van der Waals surface area contributed by atoms with Crippen LogP contribution in [0.1, 0.15) is 361 Å². The average molecular weight is 1230 g/mol. The van der Waals surface area contributed by atoms with Crippen LogP contribution in [0, 0.1) is 0 Å². The van der Waals surface area contributed by atoms with Crippen LogP contribution in [0.2, 0.25) is 0 Å². The minimum atomic E-state index is -4.62. The van der Waals surface area contributed by atoms with Crippen LogP contribution >= 0.6 is 7.82 Å². The maximum atomic E-state index is 13.0. The molecule has 2 N–H and O–H groups in total. The van der Waals surface area contributed by atoms with Crippen molar-refractivity contribution in [1.29, 1.82) is 0 Å². The molecular weight excluding hydrogens is 1080 g/mol. The highest BCUT2D eigenvalue weighted by molar-refractivity contribution is 7.45. The van der Waals surface area contributed by atoms with Gasteiger partial charge in [-0.05, 0) is 83.5 Å². The first-order valence-electron chi connectivity index (χ1n) is 37.3. The van der Waals surface area contributed by atoms with E-state index in [0.29, 0.717) is 17.4 Å². The molecule has 0 saturated carbocycles. The van der Waals surface area contributed by atoms with Crippen LogP contribution in [-0.4, -0.2) is 68.5 Å². The van der Waals surface area contributed by atoms with Gasteiger partial charge in [0.2, 0.25) is 5.91 Å². The second-order valence-electron chi connectivity index (χ2n) is 26.6. The van der Waals surface area contributed by atoms with E-state index in [9.17, 15) is 19.4 Å². The molecule has 0 heterocycles. The number of quaternary nitrogens is 1. The Hall–Kier alpha value is -2.06. The van der Waals surface area contributed by atoms with Crippen LogP contribution in [0.3, 0.4) is 0 Å². The molecule has 0 fully saturated rings. The Kier molecular flexibility index (Phi) is 65.7. The number of unbranched alkanes of at least 4 members (excludes halogenated alkanes) is 46. The number of allylic oxidation sites excluding steroid dienone is 11. The summed E-state index contributed by atoms with van der Waals surface area (Å²) in [7, 11) is 1.24. The quantitative estimate of drug-likeness (QED) is 0.0272. The zero-order chi connectivity index (χ0) is 62.6. The lowest BCUT2D eigenvalue weighted by molar-refractivity contribution is -0.870. The molecule has 0 bridgehead atoms. The highest BCUT2D eigenvalue weighted by Gasteiger charge is 2.23. The topological polar surface area (TPSA) is 108 Å². The lowest BCUT2D eigenvalue weighted by Crippen LogP contribution is -2.45. The molecule has 86 heavy (non-hydrogen) atoms. The van der Waals surface area contributed by atoms with Crippen LogP contribution < -0.4 is 10.2 Å². The van der Waals surface area contributed by atoms with Crippen LogP contribution in [0.4, 0.5) is 0 Å². The average Bonchev–Trinajstić information content (AvgIpc) is 3.70. The SMILES string of the molecule is CCCCCCC/C=C\C/C=C\C/C=C\CCCCCCCCCCCCCCCCCCCCC(=O)NC(COP(=O)([O-])OCC[N+](C)(C)C)C(O)/C=C/CC/C=C/CC/C=C/CCCCCCCCCCCCCCCCCCCCCCC. The standard InChI is InChI=1S/C77H145N2O6P/c1-6-8-10-12-14-16-18-20-22-24-26-28-30-32-34-36-38-39-41-43-45-47-49-51-53-55-57-59-61-63-65-67-69-71-77(81)78-75(74-85-86(82,83)84-73-72-79(3,4)5)76(80)70-68-66-64-62-60-58-56-54-52-50-48-46-44-42-40-37-35-33-31-29-27-25-23-21-19-17-15-13-11-9-7-2/h18,20,24,26,30,32,52,54,60,62,68,70,75-76,80H,6-17,19,21-23,25,27-29,31,33-51,53,55-59,61,63-67,69,71-74H2,1-5H3,(H-,78,81,82,83)/b20-18-,26-24-,32-30-,54-52+,62-60+,70-68+. The molecule has 0 saturated heterocycles. The third kappa shape index (κ3) is 69.4. The number of amides is 1. The molecule has 0 aliphatic rings. The van der Waals surface area contributed by atoms with E-state index >= 15 is 0 Å². The summed E-state index contributed by atoms with van der Waals surface area (Å²) in [5, 5.41) is 14.0. The number of nitrogens with zero attached hydrogens (tertiary/aromatic N) is 1. The molecule has 0 radical (unpaired) electrons. The number of carbonyl (C=O) groups is 1. The van der Waals surface area contributed by atoms with Crippen LogP contribution in [0.15, 0.2) is 72.9 Å². The number of hydrogen-bond acceptors (Lipinski definition) is 6. The first kappa shape index (κ1) is 83.9. The van der Waals surface area contributed by atoms with Gasteiger partial charge in [-0.25, -0.2) is 0 Å². The zero-order valence-corrected chi connectivity index (χ0v) is 58.7. The summed E-state index contributed by atoms with van der Waals surface area (Å²) in [6, 6.07) is -0.914. The van der Waals surface area contributed by atoms with Crippen molar-refractivity contribution in [3.05, 3.63) is 72.9 Å². The number of carbonyl (C=O) groups excluding carboxylic acids is 1. The third-order valence-corrected chi connectivity index (χ3v) is 17.8. The Labute approximate surface area is 535 Å². The molecule has 0 aromatic rings. The lowest BCUT2D eigenvalue weighted by Gasteiger charge is -2.29. The van der Waals surface area contributed by atoms with E-state index < -0.39 is 26.6 Å². The van der Waals surface area contributed by atoms with Crippen LogP contribution in [-0.2, 0) is 18.4 Å². The monoisotopic (exact) mass is 1230 g/mol. The van der Waals surface area contributed by atoms with Gasteiger partial charge < -0.3 is 28.8 Å². The van der Waals surface area contributed by atoms with Crippen molar-refractivity contribution in [2.45, 2.75) is 373 Å². The van der Waals surface area contributed by atoms with E-state index in [2.05, 4.69) is 79.9 Å². The van der Waals surface area contributed by atoms with Crippen molar-refractivity contribution in [3.63, 3.8) is 0 Å². The molecule has 0 aromatic heterocycles. The highest BCUT2D eigenvalue weighted by Crippen LogP contribution is 2.38. The number of aliphatic hydroxyl groups is 1. The summed E-state index contributed by atoms with van der Waals surface area (Å²) in [5.74, 6) is -0.207. The van der Waals surface area contributed by atoms with E-state index in [4.69, 9.17) is 9.05 Å². The van der Waals surface area contributed by atoms with E-state index in [1.54, 1.807) is 6.08 Å². The first-order valence-corrected chi connectivity index (χ1v) is 38.8. The fraction of sp³-hybridized carbons (Fsp3) is 0.831. The van der Waals surface area contributed by atoms with Crippen molar-refractivity contribution in [1.82, 2.24) is 5.32 Å². The Morgan fingerprint density at radius 3 is 1.02 bits per heavy atom. The number of rotatable bonds is 69. The number of phosphoric acid groups is 1. The summed E-state index contributed by atoms with van der Waals surface area (Å²) in [6.07, 6.45) is 94.8. The molecule has 0 aliphatic carbocycles. The first-order chi connectivity index (χ1) is 42.0. The Morgan fingerprint density at radius 2 is 0.686 bits per heavy atom. The van der Waals surface area contributed by atoms with Gasteiger partial charge in [0.1, 0.15) is 13.2 Å². The minimum absolute atomic E-state index is 0.00986. The summed E-state index contributed by atoms with van der Waals surface area (Å²) in [4.78, 5) is 25.7. The van der Waals surface area contributed by atoms with Crippen molar-refractivity contribution in [3.8, 4) is 0 Å². The molecular formula is C77H145N2O6P. The fourth-order valence-corrected chi connectivity index (χ4v) is 11.8. The number of phosphoric ester groups is 1. The molecule has 3 atom stereocenters. The molecule has 3 unspecified atom stereocenters. The van der Waals surface area contributed by atoms with Gasteiger partial charge in [0.05, 0.1) is 39.9 Å². The van der Waals surface area contributed by atoms with Gasteiger partial charge >= 0.3 is 0 Å². The molecule has 0 spiro atoms. The van der Waals surface area contributed by atoms with Crippen molar-refractivity contribution < 1.29 is 32.9 Å². The number of hydrogen-bond donors (Lipinski definition) is 2. The van der Waals surface area contributed by atoms with Gasteiger partial charge in [0.25, 0.3) is 7.82 Å². The predicted molar refractivity (Wildman–Crippen MR) is 376 cm³/mol. The van der Waals surface area contributed by atoms with Gasteiger partial charge in [-0.3, -0.25) is 9.36 Å². The maximum absolute atomic E-state index is 13.0. The van der Waals surface area contributed by atoms with E-state index in [-0.39, 0.29) is 12.5 Å². The zero-order valence-electron chi connectivity index (χ0n) is 57.8. The summed E-state index contributed by atoms with van der Waals surface area (Å²) < 4.78 is 23.5. The molecule has 0 rings (SSSR count). The van der Waals surface area contributed by atoms with Gasteiger partial charge in [-0.15, -0.1) is 0 Å². The maximum Gasteiger partial charge on any atom is 0.268 e. The molecule has 504 valence electrons. The van der Waals surface area contributed by atoms with Gasteiger partial charge in [0, 0.05) is 6.42 Å². The van der Waals surface area contributed by atoms with Crippen molar-refractivity contribution in [2.75, 3.05) is 40.9 Å². The molecule has 1 amide bonds. The molecule has 9 heteroatoms. The second-order valence-corrected chi connectivity index (χ2v) is 28.0. The normalized spacial score (nSPS) is 14.0. The van der Waals surface area contributed by atoms with E-state index in [0.717, 1.165) is 57.8 Å². The van der Waals surface area contributed by atoms with E-state index in [1.807, 2.05) is 27.2 Å². The largest absolute Gasteiger partial charge is 0.756 e.